The molecule has 0 saturated heterocycles. The van der Waals surface area contributed by atoms with E-state index in [0.717, 1.165) is 16.8 Å². The highest BCUT2D eigenvalue weighted by Crippen LogP contribution is 2.46. The molecule has 0 radical (unpaired) electrons. The number of allylic oxidation sites excluding steroid dienone is 3. The third kappa shape index (κ3) is 3.78. The Morgan fingerprint density at radius 1 is 1.10 bits per heavy atom. The second kappa shape index (κ2) is 8.86. The molecular weight excluding hydrogens is 382 g/mol. The minimum Gasteiger partial charge on any atom is -0.465 e. The summed E-state index contributed by atoms with van der Waals surface area (Å²) in [6.45, 7) is 9.59. The summed E-state index contributed by atoms with van der Waals surface area (Å²) in [4.78, 5) is 39.2. The third-order valence-electron chi connectivity index (χ3n) is 5.82. The maximum atomic E-state index is 13.6. The van der Waals surface area contributed by atoms with Crippen LogP contribution in [0, 0.1) is 18.8 Å². The summed E-state index contributed by atoms with van der Waals surface area (Å²) in [5.41, 5.74) is 4.15. The minimum absolute atomic E-state index is 0.197. The first-order chi connectivity index (χ1) is 14.3. The van der Waals surface area contributed by atoms with Gasteiger partial charge in [0.2, 0.25) is 0 Å². The number of carbonyl (C=O) groups excluding carboxylic acids is 3. The Morgan fingerprint density at radius 2 is 1.77 bits per heavy atom. The lowest BCUT2D eigenvalue weighted by Crippen LogP contribution is -2.43. The molecule has 3 atom stereocenters. The molecule has 1 aromatic carbocycles. The van der Waals surface area contributed by atoms with Gasteiger partial charge in [-0.05, 0) is 51.2 Å². The second-order valence-electron chi connectivity index (χ2n) is 7.84. The van der Waals surface area contributed by atoms with Crippen LogP contribution >= 0.6 is 0 Å². The van der Waals surface area contributed by atoms with Crippen LogP contribution in [0.15, 0.2) is 46.8 Å². The lowest BCUT2D eigenvalue weighted by molar-refractivity contribution is -0.153. The molecule has 6 nitrogen and oxygen atoms in total. The van der Waals surface area contributed by atoms with Gasteiger partial charge in [0.05, 0.1) is 18.8 Å². The van der Waals surface area contributed by atoms with Gasteiger partial charge in [0.15, 0.2) is 5.78 Å². The maximum absolute atomic E-state index is 13.6. The molecule has 0 bridgehead atoms. The first-order valence-electron chi connectivity index (χ1n) is 10.5. The van der Waals surface area contributed by atoms with E-state index >= 15 is 0 Å². The molecule has 3 unspecified atom stereocenters. The molecule has 0 fully saturated rings. The Morgan fingerprint density at radius 3 is 2.40 bits per heavy atom. The largest absolute Gasteiger partial charge is 0.465 e. The zero-order valence-electron chi connectivity index (χ0n) is 18.2. The molecule has 0 spiro atoms. The van der Waals surface area contributed by atoms with E-state index in [4.69, 9.17) is 9.47 Å². The molecule has 30 heavy (non-hydrogen) atoms. The molecule has 0 aromatic heterocycles. The Hall–Kier alpha value is -2.89. The molecule has 1 heterocycles. The summed E-state index contributed by atoms with van der Waals surface area (Å²) in [5.74, 6) is -2.90. The van der Waals surface area contributed by atoms with Crippen molar-refractivity contribution >= 4 is 17.7 Å². The number of hydrogen-bond donors (Lipinski definition) is 1. The summed E-state index contributed by atoms with van der Waals surface area (Å²) >= 11 is 0. The highest BCUT2D eigenvalue weighted by atomic mass is 16.5. The van der Waals surface area contributed by atoms with Crippen LogP contribution in [0.25, 0.3) is 0 Å². The second-order valence-corrected chi connectivity index (χ2v) is 7.84. The fourth-order valence-electron chi connectivity index (χ4n) is 4.49. The van der Waals surface area contributed by atoms with Crippen LogP contribution in [-0.2, 0) is 23.9 Å². The molecule has 1 aliphatic carbocycles. The van der Waals surface area contributed by atoms with Crippen LogP contribution in [0.4, 0.5) is 0 Å². The van der Waals surface area contributed by atoms with Gasteiger partial charge >= 0.3 is 11.9 Å². The average Bonchev–Trinajstić information content (AvgIpc) is 2.67. The van der Waals surface area contributed by atoms with Crippen molar-refractivity contribution in [2.24, 2.45) is 11.8 Å². The third-order valence-corrected chi connectivity index (χ3v) is 5.82. The van der Waals surface area contributed by atoms with Crippen LogP contribution in [0.5, 0.6) is 0 Å². The Bertz CT molecular complexity index is 943. The number of dihydropyridines is 1. The molecule has 1 N–H and O–H groups in total. The van der Waals surface area contributed by atoms with Crippen LogP contribution in [0.3, 0.4) is 0 Å². The Balaban J connectivity index is 2.18. The average molecular weight is 411 g/mol. The summed E-state index contributed by atoms with van der Waals surface area (Å²) in [5, 5.41) is 3.26. The number of ether oxygens (including phenoxy) is 2. The monoisotopic (exact) mass is 411 g/mol. The topological polar surface area (TPSA) is 81.7 Å². The van der Waals surface area contributed by atoms with Crippen molar-refractivity contribution in [1.29, 1.82) is 0 Å². The number of rotatable bonds is 5. The van der Waals surface area contributed by atoms with Gasteiger partial charge in [-0.2, -0.15) is 0 Å². The molecule has 2 aliphatic rings. The predicted molar refractivity (Wildman–Crippen MR) is 112 cm³/mol. The van der Waals surface area contributed by atoms with E-state index < -0.39 is 23.8 Å². The number of carbonyl (C=O) groups is 3. The van der Waals surface area contributed by atoms with Crippen LogP contribution in [0.1, 0.15) is 51.2 Å². The van der Waals surface area contributed by atoms with Gasteiger partial charge in [0.25, 0.3) is 0 Å². The quantitative estimate of drug-likeness (QED) is 0.589. The number of aryl methyl sites for hydroxylation is 1. The van der Waals surface area contributed by atoms with E-state index in [0.29, 0.717) is 23.3 Å². The highest BCUT2D eigenvalue weighted by molar-refractivity contribution is 6.12. The van der Waals surface area contributed by atoms with Gasteiger partial charge in [-0.3, -0.25) is 9.59 Å². The van der Waals surface area contributed by atoms with Crippen LogP contribution in [0.2, 0.25) is 0 Å². The van der Waals surface area contributed by atoms with Crippen molar-refractivity contribution in [3.63, 3.8) is 0 Å². The van der Waals surface area contributed by atoms with Crippen molar-refractivity contribution in [1.82, 2.24) is 5.32 Å². The molecule has 6 heteroatoms. The Labute approximate surface area is 177 Å². The fraction of sp³-hybridized carbons (Fsp3) is 0.458. The van der Waals surface area contributed by atoms with Gasteiger partial charge in [0.1, 0.15) is 5.92 Å². The van der Waals surface area contributed by atoms with Crippen molar-refractivity contribution in [2.45, 2.75) is 47.0 Å². The van der Waals surface area contributed by atoms with E-state index in [1.54, 1.807) is 13.8 Å². The van der Waals surface area contributed by atoms with E-state index in [9.17, 15) is 14.4 Å². The predicted octanol–water partition coefficient (Wildman–Crippen LogP) is 3.56. The number of hydrogen-bond acceptors (Lipinski definition) is 6. The SMILES string of the molecule is CCOC(=O)C1=C(C)NC2=C(C(=O)C(C(=O)OCC)C(C)C2)C1c1ccccc1C. The fourth-order valence-corrected chi connectivity index (χ4v) is 4.49. The number of nitrogens with one attached hydrogen (secondary N) is 1. The number of esters is 2. The first-order valence-corrected chi connectivity index (χ1v) is 10.5. The zero-order valence-corrected chi connectivity index (χ0v) is 18.2. The van der Waals surface area contributed by atoms with Crippen LogP contribution < -0.4 is 5.32 Å². The number of ketones is 1. The lowest BCUT2D eigenvalue weighted by Gasteiger charge is -2.38. The van der Waals surface area contributed by atoms with E-state index in [2.05, 4.69) is 5.32 Å². The summed E-state index contributed by atoms with van der Waals surface area (Å²) in [6, 6.07) is 7.69. The summed E-state index contributed by atoms with van der Waals surface area (Å²) in [6.07, 6.45) is 0.528. The number of benzene rings is 1. The zero-order chi connectivity index (χ0) is 22.0. The standard InChI is InChI=1S/C24H29NO5/c1-6-29-23(27)18-14(4)12-17-21(22(18)26)20(16-11-9-8-10-13(16)3)19(15(5)25-17)24(28)30-7-2/h8-11,14,18,20,25H,6-7,12H2,1-5H3. The van der Waals surface area contributed by atoms with Crippen molar-refractivity contribution in [3.8, 4) is 0 Å². The molecule has 0 saturated carbocycles. The maximum Gasteiger partial charge on any atom is 0.336 e. The van der Waals surface area contributed by atoms with Gasteiger partial charge in [0, 0.05) is 22.9 Å². The molecule has 3 rings (SSSR count). The van der Waals surface area contributed by atoms with E-state index in [1.807, 2.05) is 45.0 Å². The molecule has 1 aliphatic heterocycles. The lowest BCUT2D eigenvalue weighted by atomic mass is 9.68. The van der Waals surface area contributed by atoms with Crippen LogP contribution in [-0.4, -0.2) is 30.9 Å². The molecular formula is C24H29NO5. The molecule has 0 amide bonds. The normalized spacial score (nSPS) is 23.6. The molecule has 1 aromatic rings. The number of Topliss-reactive ketones (excluding diaryl/α,β-unsaturated/α-hetero) is 1. The summed E-state index contributed by atoms with van der Waals surface area (Å²) < 4.78 is 10.5. The van der Waals surface area contributed by atoms with Gasteiger partial charge in [-0.15, -0.1) is 0 Å². The summed E-state index contributed by atoms with van der Waals surface area (Å²) in [7, 11) is 0. The van der Waals surface area contributed by atoms with Gasteiger partial charge < -0.3 is 14.8 Å². The van der Waals surface area contributed by atoms with Crippen molar-refractivity contribution < 1.29 is 23.9 Å². The smallest absolute Gasteiger partial charge is 0.336 e. The Kier molecular flexibility index (Phi) is 6.44. The minimum atomic E-state index is -0.876. The van der Waals surface area contributed by atoms with E-state index in [1.165, 1.54) is 0 Å². The van der Waals surface area contributed by atoms with Crippen molar-refractivity contribution in [2.75, 3.05) is 13.2 Å². The first kappa shape index (κ1) is 21.8. The van der Waals surface area contributed by atoms with Gasteiger partial charge in [-0.1, -0.05) is 31.2 Å². The molecule has 160 valence electrons. The van der Waals surface area contributed by atoms with Gasteiger partial charge in [-0.25, -0.2) is 4.79 Å². The highest BCUT2D eigenvalue weighted by Gasteiger charge is 2.47. The van der Waals surface area contributed by atoms with E-state index in [-0.39, 0.29) is 24.9 Å². The van der Waals surface area contributed by atoms with Crippen molar-refractivity contribution in [3.05, 3.63) is 57.9 Å².